The van der Waals surface area contributed by atoms with Crippen LogP contribution in [0.5, 0.6) is 0 Å². The summed E-state index contributed by atoms with van der Waals surface area (Å²) in [6, 6.07) is 8.52. The topological polar surface area (TPSA) is 138 Å². The van der Waals surface area contributed by atoms with Crippen molar-refractivity contribution in [1.82, 2.24) is 29.4 Å². The molecule has 1 aliphatic heterocycles. The second kappa shape index (κ2) is 11.6. The first-order valence-electron chi connectivity index (χ1n) is 12.8. The number of piperidine rings is 1. The molecule has 3 aromatic rings. The van der Waals surface area contributed by atoms with E-state index in [-0.39, 0.29) is 6.04 Å². The zero-order valence-electron chi connectivity index (χ0n) is 21.8. The molecule has 0 radical (unpaired) electrons. The van der Waals surface area contributed by atoms with Crippen LogP contribution in [0.25, 0.3) is 16.9 Å². The fourth-order valence-corrected chi connectivity index (χ4v) is 6.04. The average Bonchev–Trinajstić information content (AvgIpc) is 3.37. The molecule has 13 heteroatoms. The zero-order chi connectivity index (χ0) is 27.6. The quantitative estimate of drug-likeness (QED) is 0.397. The number of nitrogens with one attached hydrogen (secondary N) is 2. The van der Waals surface area contributed by atoms with Gasteiger partial charge in [-0.2, -0.15) is 10.4 Å². The number of hydrogen-bond donors (Lipinski definition) is 2. The molecule has 206 valence electrons. The van der Waals surface area contributed by atoms with Crippen molar-refractivity contribution in [2.24, 2.45) is 0 Å². The number of sulfonamides is 1. The highest BCUT2D eigenvalue weighted by molar-refractivity contribution is 7.88. The number of ether oxygens (including phenoxy) is 1. The highest BCUT2D eigenvalue weighted by Gasteiger charge is 2.28. The van der Waals surface area contributed by atoms with Crippen LogP contribution in [0, 0.1) is 11.3 Å². The number of aromatic nitrogens is 4. The molecule has 2 N–H and O–H groups in total. The lowest BCUT2D eigenvalue weighted by molar-refractivity contribution is 0.0170. The number of halogens is 1. The molecule has 3 heterocycles. The largest absolute Gasteiger partial charge is 0.381 e. The predicted molar refractivity (Wildman–Crippen MR) is 148 cm³/mol. The number of hydrogen-bond acceptors (Lipinski definition) is 9. The minimum Gasteiger partial charge on any atom is -0.381 e. The number of methoxy groups -OCH3 is 1. The third-order valence-electron chi connectivity index (χ3n) is 7.30. The van der Waals surface area contributed by atoms with E-state index in [1.54, 1.807) is 24.2 Å². The maximum atomic E-state index is 11.8. The Morgan fingerprint density at radius 1 is 1.21 bits per heavy atom. The summed E-state index contributed by atoms with van der Waals surface area (Å²) in [5.41, 5.74) is 3.24. The van der Waals surface area contributed by atoms with Gasteiger partial charge in [0, 0.05) is 50.6 Å². The Kier molecular flexibility index (Phi) is 8.16. The maximum Gasteiger partial charge on any atom is 0.223 e. The van der Waals surface area contributed by atoms with E-state index in [9.17, 15) is 13.7 Å². The van der Waals surface area contributed by atoms with Crippen LogP contribution in [-0.4, -0.2) is 77.1 Å². The molecule has 11 nitrogen and oxygen atoms in total. The van der Waals surface area contributed by atoms with Gasteiger partial charge in [0.15, 0.2) is 0 Å². The molecule has 0 spiro atoms. The van der Waals surface area contributed by atoms with Crippen molar-refractivity contribution >= 4 is 27.6 Å². The van der Waals surface area contributed by atoms with Crippen LogP contribution in [0.4, 0.5) is 5.95 Å². The summed E-state index contributed by atoms with van der Waals surface area (Å²) in [5.74, 6) is 0.382. The number of rotatable bonds is 9. The Morgan fingerprint density at radius 2 is 1.97 bits per heavy atom. The van der Waals surface area contributed by atoms with Crippen molar-refractivity contribution < 1.29 is 13.2 Å². The molecule has 2 aliphatic rings. The lowest BCUT2D eigenvalue weighted by Gasteiger charge is -2.34. The first-order valence-corrected chi connectivity index (χ1v) is 15.0. The molecular weight excluding hydrogens is 540 g/mol. The summed E-state index contributed by atoms with van der Waals surface area (Å²) in [4.78, 5) is 8.90. The first kappa shape index (κ1) is 27.5. The Morgan fingerprint density at radius 3 is 2.64 bits per heavy atom. The molecular formula is C26H31ClN8O3S. The van der Waals surface area contributed by atoms with Crippen LogP contribution in [0.15, 0.2) is 36.8 Å². The molecule has 39 heavy (non-hydrogen) atoms. The van der Waals surface area contributed by atoms with E-state index in [1.807, 2.05) is 18.2 Å². The smallest absolute Gasteiger partial charge is 0.223 e. The normalized spacial score (nSPS) is 20.4. The van der Waals surface area contributed by atoms with E-state index < -0.39 is 10.0 Å². The number of anilines is 1. The van der Waals surface area contributed by atoms with Crippen LogP contribution in [0.3, 0.4) is 0 Å². The van der Waals surface area contributed by atoms with Crippen molar-refractivity contribution in [3.63, 3.8) is 0 Å². The summed E-state index contributed by atoms with van der Waals surface area (Å²) in [7, 11) is -1.45. The van der Waals surface area contributed by atoms with Crippen LogP contribution in [0.1, 0.15) is 36.8 Å². The molecule has 2 aromatic heterocycles. The van der Waals surface area contributed by atoms with Gasteiger partial charge in [0.1, 0.15) is 6.07 Å². The highest BCUT2D eigenvalue weighted by Crippen LogP contribution is 2.28. The highest BCUT2D eigenvalue weighted by atomic mass is 35.5. The van der Waals surface area contributed by atoms with Gasteiger partial charge in [-0.25, -0.2) is 27.4 Å². The fourth-order valence-electron chi connectivity index (χ4n) is 4.88. The number of nitriles is 1. The molecule has 5 rings (SSSR count). The van der Waals surface area contributed by atoms with Crippen molar-refractivity contribution in [3.8, 4) is 23.0 Å². The average molecular weight is 571 g/mol. The van der Waals surface area contributed by atoms with Crippen molar-refractivity contribution in [2.75, 3.05) is 31.8 Å². The predicted octanol–water partition coefficient (Wildman–Crippen LogP) is 2.96. The first-order chi connectivity index (χ1) is 18.7. The van der Waals surface area contributed by atoms with E-state index >= 15 is 0 Å². The monoisotopic (exact) mass is 570 g/mol. The second-order valence-corrected chi connectivity index (χ2v) is 12.4. The summed E-state index contributed by atoms with van der Waals surface area (Å²) in [5, 5.41) is 21.5. The second-order valence-electron chi connectivity index (χ2n) is 10.0. The van der Waals surface area contributed by atoms with E-state index in [0.29, 0.717) is 65.9 Å². The van der Waals surface area contributed by atoms with Crippen LogP contribution < -0.4 is 10.6 Å². The van der Waals surface area contributed by atoms with E-state index in [4.69, 9.17) is 16.3 Å². The lowest BCUT2D eigenvalue weighted by Crippen LogP contribution is -2.44. The van der Waals surface area contributed by atoms with Gasteiger partial charge in [-0.3, -0.25) is 0 Å². The Balaban J connectivity index is 1.27. The molecule has 0 amide bonds. The van der Waals surface area contributed by atoms with Gasteiger partial charge >= 0.3 is 0 Å². The molecule has 2 fully saturated rings. The third-order valence-corrected chi connectivity index (χ3v) is 8.91. The molecule has 0 atom stereocenters. The minimum atomic E-state index is -3.20. The van der Waals surface area contributed by atoms with E-state index in [2.05, 4.69) is 31.8 Å². The van der Waals surface area contributed by atoms with Crippen molar-refractivity contribution in [2.45, 2.75) is 50.4 Å². The SMILES string of the molecule is COC1CC(NCc2ccc(-n3cc(-c4nc(NC5CCN(S(C)(=O)=O)CC5)ncc4C#N)cn3)c(Cl)c2)C1. The summed E-state index contributed by atoms with van der Waals surface area (Å²) >= 11 is 6.62. The standard InChI is InChI=1S/C26H31ClN8O3S/c1-38-22-10-21(11-22)29-13-17-3-4-24(23(27)9-17)35-16-19(15-31-35)25-18(12-28)14-30-26(33-25)32-20-5-7-34(8-6-20)39(2,36)37/h3-4,9,14-16,20-22,29H,5-8,10-11,13H2,1-2H3,(H,30,32,33). The van der Waals surface area contributed by atoms with Gasteiger partial charge in [0.05, 0.1) is 46.7 Å². The zero-order valence-corrected chi connectivity index (χ0v) is 23.4. The maximum absolute atomic E-state index is 11.8. The van der Waals surface area contributed by atoms with Crippen LogP contribution >= 0.6 is 11.6 Å². The Labute approximate surface area is 233 Å². The molecule has 1 saturated heterocycles. The van der Waals surface area contributed by atoms with Gasteiger partial charge in [0.2, 0.25) is 16.0 Å². The molecule has 1 aromatic carbocycles. The van der Waals surface area contributed by atoms with Gasteiger partial charge in [-0.1, -0.05) is 17.7 Å². The molecule has 1 saturated carbocycles. The Hall–Kier alpha value is -3.08. The van der Waals surface area contributed by atoms with E-state index in [1.165, 1.54) is 16.8 Å². The Bertz CT molecular complexity index is 1470. The van der Waals surface area contributed by atoms with Gasteiger partial charge < -0.3 is 15.4 Å². The fraction of sp³-hybridized carbons (Fsp3) is 0.462. The van der Waals surface area contributed by atoms with Crippen LogP contribution in [-0.2, 0) is 21.3 Å². The number of nitrogens with zero attached hydrogens (tertiary/aromatic N) is 6. The van der Waals surface area contributed by atoms with Crippen molar-refractivity contribution in [3.05, 3.63) is 52.9 Å². The molecule has 1 aliphatic carbocycles. The lowest BCUT2D eigenvalue weighted by atomic mass is 9.89. The van der Waals surface area contributed by atoms with Gasteiger partial charge in [-0.15, -0.1) is 0 Å². The summed E-state index contributed by atoms with van der Waals surface area (Å²) in [6.07, 6.45) is 9.82. The van der Waals surface area contributed by atoms with Crippen LogP contribution in [0.2, 0.25) is 5.02 Å². The number of benzene rings is 1. The van der Waals surface area contributed by atoms with Gasteiger partial charge in [-0.05, 0) is 43.4 Å². The molecule has 0 unspecified atom stereocenters. The van der Waals surface area contributed by atoms with Crippen molar-refractivity contribution in [1.29, 1.82) is 5.26 Å². The van der Waals surface area contributed by atoms with E-state index in [0.717, 1.165) is 30.6 Å². The minimum absolute atomic E-state index is 0.0315. The summed E-state index contributed by atoms with van der Waals surface area (Å²) < 4.78 is 32.0. The molecule has 0 bridgehead atoms. The third kappa shape index (κ3) is 6.40. The summed E-state index contributed by atoms with van der Waals surface area (Å²) in [6.45, 7) is 1.61. The van der Waals surface area contributed by atoms with Gasteiger partial charge in [0.25, 0.3) is 0 Å².